The van der Waals surface area contributed by atoms with Crippen molar-refractivity contribution in [1.82, 2.24) is 23.6 Å². The minimum Gasteiger partial charge on any atom is -0.337 e. The molecule has 2 aromatic heterocycles. The van der Waals surface area contributed by atoms with E-state index in [-0.39, 0.29) is 28.9 Å². The Morgan fingerprint density at radius 1 is 1.14 bits per heavy atom. The largest absolute Gasteiger partial charge is 0.337 e. The lowest BCUT2D eigenvalue weighted by Gasteiger charge is -2.27. The summed E-state index contributed by atoms with van der Waals surface area (Å²) in [7, 11) is 2.90. The van der Waals surface area contributed by atoms with Crippen LogP contribution in [-0.4, -0.2) is 42.6 Å². The Bertz CT molecular complexity index is 1250. The summed E-state index contributed by atoms with van der Waals surface area (Å²) in [6, 6.07) is 10.1. The number of hydrogen-bond acceptors (Lipinski definition) is 4. The van der Waals surface area contributed by atoms with Crippen molar-refractivity contribution < 1.29 is 4.79 Å². The molecule has 3 heterocycles. The van der Waals surface area contributed by atoms with E-state index in [0.717, 1.165) is 16.6 Å². The molecule has 8 nitrogen and oxygen atoms in total. The Morgan fingerprint density at radius 3 is 2.52 bits per heavy atom. The van der Waals surface area contributed by atoms with Gasteiger partial charge in [-0.05, 0) is 29.2 Å². The molecule has 0 atom stereocenters. The first-order valence-electron chi connectivity index (χ1n) is 9.22. The second-order valence-electron chi connectivity index (χ2n) is 7.03. The molecule has 0 N–H and O–H groups in total. The summed E-state index contributed by atoms with van der Waals surface area (Å²) in [4.78, 5) is 43.4. The topological polar surface area (TPSA) is 82.1 Å². The molecular formula is C20H20ClN5O3. The smallest absolute Gasteiger partial charge is 0.332 e. The van der Waals surface area contributed by atoms with Gasteiger partial charge in [0.2, 0.25) is 11.2 Å². The molecule has 0 bridgehead atoms. The molecule has 4 rings (SSSR count). The molecule has 1 aromatic carbocycles. The zero-order valence-corrected chi connectivity index (χ0v) is 16.9. The molecule has 1 aliphatic rings. The molecule has 0 unspecified atom stereocenters. The van der Waals surface area contributed by atoms with Crippen LogP contribution in [0.5, 0.6) is 0 Å². The third kappa shape index (κ3) is 3.29. The summed E-state index contributed by atoms with van der Waals surface area (Å²) in [5, 5.41) is 0.00387. The van der Waals surface area contributed by atoms with E-state index in [4.69, 9.17) is 11.6 Å². The van der Waals surface area contributed by atoms with E-state index in [1.165, 1.54) is 28.8 Å². The van der Waals surface area contributed by atoms with Crippen molar-refractivity contribution >= 4 is 34.2 Å². The fourth-order valence-electron chi connectivity index (χ4n) is 3.61. The summed E-state index contributed by atoms with van der Waals surface area (Å²) >= 11 is 6.21. The Hall–Kier alpha value is -3.13. The highest BCUT2D eigenvalue weighted by molar-refractivity contribution is 6.29. The average Bonchev–Trinajstić information content (AvgIpc) is 3.07. The highest BCUT2D eigenvalue weighted by Gasteiger charge is 2.23. The van der Waals surface area contributed by atoms with Gasteiger partial charge in [0.05, 0.1) is 0 Å². The quantitative estimate of drug-likeness (QED) is 0.608. The van der Waals surface area contributed by atoms with E-state index in [1.54, 1.807) is 4.90 Å². The van der Waals surface area contributed by atoms with Crippen molar-refractivity contribution in [1.29, 1.82) is 0 Å². The maximum Gasteiger partial charge on any atom is 0.332 e. The third-order valence-corrected chi connectivity index (χ3v) is 5.59. The fraction of sp³-hybridized carbons (Fsp3) is 0.300. The number of nitrogens with zero attached hydrogens (tertiary/aromatic N) is 5. The van der Waals surface area contributed by atoms with E-state index in [9.17, 15) is 14.4 Å². The summed E-state index contributed by atoms with van der Waals surface area (Å²) in [5.41, 5.74) is 1.66. The molecule has 0 aliphatic carbocycles. The standard InChI is InChI=1S/C20H20ClN5O3/c1-23-17-16(18(28)24(2)20(23)29)26(19(21)22-17)12-15(27)25-10-8-14(9-11-25)13-6-4-3-5-7-13/h3-8H,9-12H2,1-2H3. The molecule has 29 heavy (non-hydrogen) atoms. The van der Waals surface area contributed by atoms with Crippen molar-refractivity contribution in [2.75, 3.05) is 13.1 Å². The number of hydrogen-bond donors (Lipinski definition) is 0. The van der Waals surface area contributed by atoms with Crippen molar-refractivity contribution in [3.05, 3.63) is 68.1 Å². The summed E-state index contributed by atoms with van der Waals surface area (Å²) in [5.74, 6) is -0.162. The second kappa shape index (κ2) is 7.36. The van der Waals surface area contributed by atoms with Crippen molar-refractivity contribution in [3.63, 3.8) is 0 Å². The molecule has 1 amide bonds. The SMILES string of the molecule is Cn1c(=O)c2c(nc(Cl)n2CC(=O)N2CC=C(c3ccccc3)CC2)n(C)c1=O. The molecule has 3 aromatic rings. The van der Waals surface area contributed by atoms with Gasteiger partial charge in [0, 0.05) is 27.2 Å². The second-order valence-corrected chi connectivity index (χ2v) is 7.37. The first-order valence-corrected chi connectivity index (χ1v) is 9.60. The van der Waals surface area contributed by atoms with Crippen LogP contribution in [-0.2, 0) is 25.4 Å². The molecule has 0 saturated carbocycles. The minimum atomic E-state index is -0.528. The number of fused-ring (bicyclic) bond motifs is 1. The van der Waals surface area contributed by atoms with Crippen LogP contribution >= 0.6 is 11.6 Å². The predicted molar refractivity (Wildman–Crippen MR) is 111 cm³/mol. The predicted octanol–water partition coefficient (Wildman–Crippen LogP) is 1.40. The molecule has 9 heteroatoms. The highest BCUT2D eigenvalue weighted by atomic mass is 35.5. The number of rotatable bonds is 3. The van der Waals surface area contributed by atoms with Gasteiger partial charge >= 0.3 is 5.69 Å². The van der Waals surface area contributed by atoms with E-state index >= 15 is 0 Å². The Balaban J connectivity index is 1.61. The number of aryl methyl sites for hydroxylation is 1. The number of benzene rings is 1. The van der Waals surface area contributed by atoms with Gasteiger partial charge in [-0.15, -0.1) is 0 Å². The number of amides is 1. The lowest BCUT2D eigenvalue weighted by molar-refractivity contribution is -0.131. The van der Waals surface area contributed by atoms with E-state index in [0.29, 0.717) is 13.1 Å². The van der Waals surface area contributed by atoms with Gasteiger partial charge in [-0.3, -0.25) is 23.3 Å². The van der Waals surface area contributed by atoms with Crippen LogP contribution in [0, 0.1) is 0 Å². The van der Waals surface area contributed by atoms with Crippen LogP contribution in [0.1, 0.15) is 12.0 Å². The molecular weight excluding hydrogens is 394 g/mol. The van der Waals surface area contributed by atoms with Gasteiger partial charge in [-0.2, -0.15) is 4.98 Å². The number of imidazole rings is 1. The maximum atomic E-state index is 12.9. The van der Waals surface area contributed by atoms with Crippen LogP contribution in [0.3, 0.4) is 0 Å². The lowest BCUT2D eigenvalue weighted by Crippen LogP contribution is -2.39. The molecule has 0 saturated heterocycles. The molecule has 1 aliphatic heterocycles. The number of halogens is 1. The van der Waals surface area contributed by atoms with Gasteiger partial charge in [0.1, 0.15) is 6.54 Å². The van der Waals surface area contributed by atoms with Crippen LogP contribution < -0.4 is 11.2 Å². The van der Waals surface area contributed by atoms with E-state index in [1.807, 2.05) is 24.3 Å². The van der Waals surface area contributed by atoms with Crippen LogP contribution in [0.2, 0.25) is 5.28 Å². The fourth-order valence-corrected chi connectivity index (χ4v) is 3.83. The van der Waals surface area contributed by atoms with Gasteiger partial charge in [-0.1, -0.05) is 36.4 Å². The third-order valence-electron chi connectivity index (χ3n) is 5.30. The zero-order chi connectivity index (χ0) is 20.7. The van der Waals surface area contributed by atoms with Crippen molar-refractivity contribution in [2.45, 2.75) is 13.0 Å². The summed E-state index contributed by atoms with van der Waals surface area (Å²) in [6.07, 6.45) is 2.80. The Kier molecular flexibility index (Phi) is 4.87. The highest BCUT2D eigenvalue weighted by Crippen LogP contribution is 2.23. The average molecular weight is 414 g/mol. The first-order chi connectivity index (χ1) is 13.9. The number of carbonyl (C=O) groups is 1. The van der Waals surface area contributed by atoms with E-state index in [2.05, 4.69) is 17.1 Å². The number of aromatic nitrogens is 4. The lowest BCUT2D eigenvalue weighted by atomic mass is 9.99. The number of carbonyl (C=O) groups excluding carboxylic acids is 1. The van der Waals surface area contributed by atoms with Crippen LogP contribution in [0.25, 0.3) is 16.7 Å². The van der Waals surface area contributed by atoms with E-state index < -0.39 is 11.2 Å². The molecule has 0 fully saturated rings. The maximum absolute atomic E-state index is 12.9. The van der Waals surface area contributed by atoms with Gasteiger partial charge in [-0.25, -0.2) is 4.79 Å². The van der Waals surface area contributed by atoms with Gasteiger partial charge < -0.3 is 4.90 Å². The summed E-state index contributed by atoms with van der Waals surface area (Å²) < 4.78 is 3.61. The summed E-state index contributed by atoms with van der Waals surface area (Å²) in [6.45, 7) is 0.960. The Morgan fingerprint density at radius 2 is 1.86 bits per heavy atom. The monoisotopic (exact) mass is 413 g/mol. The van der Waals surface area contributed by atoms with Crippen molar-refractivity contribution in [3.8, 4) is 0 Å². The normalized spacial score (nSPS) is 14.3. The van der Waals surface area contributed by atoms with Crippen LogP contribution in [0.15, 0.2) is 46.0 Å². The van der Waals surface area contributed by atoms with Gasteiger partial charge in [0.25, 0.3) is 5.56 Å². The van der Waals surface area contributed by atoms with Gasteiger partial charge in [0.15, 0.2) is 11.2 Å². The molecule has 150 valence electrons. The first kappa shape index (κ1) is 19.2. The molecule has 0 radical (unpaired) electrons. The van der Waals surface area contributed by atoms with Crippen molar-refractivity contribution in [2.24, 2.45) is 14.1 Å². The minimum absolute atomic E-state index is 0.00387. The zero-order valence-electron chi connectivity index (χ0n) is 16.1. The Labute approximate surface area is 171 Å². The molecule has 0 spiro atoms. The van der Waals surface area contributed by atoms with Crippen LogP contribution in [0.4, 0.5) is 0 Å².